The minimum atomic E-state index is -4.63. The van der Waals surface area contributed by atoms with Crippen LogP contribution in [0.5, 0.6) is 0 Å². The maximum atomic E-state index is 12.8. The van der Waals surface area contributed by atoms with Gasteiger partial charge in [0.1, 0.15) is 19.8 Å². The van der Waals surface area contributed by atoms with E-state index in [0.29, 0.717) is 17.4 Å². The Kier molecular flexibility index (Phi) is 56.5. The van der Waals surface area contributed by atoms with Crippen molar-refractivity contribution < 1.29 is 42.1 Å². The molecule has 0 aliphatic carbocycles. The number of esters is 2. The monoisotopic (exact) mass is 1080 g/mol. The topological polar surface area (TPSA) is 111 Å². The van der Waals surface area contributed by atoms with Crippen molar-refractivity contribution in [2.45, 2.75) is 347 Å². The van der Waals surface area contributed by atoms with Crippen LogP contribution in [-0.4, -0.2) is 70.0 Å². The van der Waals surface area contributed by atoms with Gasteiger partial charge in [0, 0.05) is 12.8 Å². The van der Waals surface area contributed by atoms with Crippen LogP contribution in [0.4, 0.5) is 0 Å². The molecule has 0 fully saturated rings. The van der Waals surface area contributed by atoms with E-state index in [1.807, 2.05) is 21.1 Å². The smallest absolute Gasteiger partial charge is 0.306 e. The summed E-state index contributed by atoms with van der Waals surface area (Å²) in [5.74, 6) is -0.809. The van der Waals surface area contributed by atoms with Crippen LogP contribution in [0.15, 0.2) is 12.2 Å². The van der Waals surface area contributed by atoms with Gasteiger partial charge in [0.2, 0.25) is 0 Å². The Bertz CT molecular complexity index is 1270. The van der Waals surface area contributed by atoms with Crippen LogP contribution in [-0.2, 0) is 32.7 Å². The highest BCUT2D eigenvalue weighted by Crippen LogP contribution is 2.38. The van der Waals surface area contributed by atoms with Crippen LogP contribution in [0, 0.1) is 0 Å². The summed E-state index contributed by atoms with van der Waals surface area (Å²) in [6.45, 7) is 4.32. The first kappa shape index (κ1) is 73.8. The number of unbranched alkanes of at least 4 members (excludes halogenated alkanes) is 46. The molecule has 75 heavy (non-hydrogen) atoms. The van der Waals surface area contributed by atoms with E-state index in [2.05, 4.69) is 26.0 Å². The number of nitrogens with zero attached hydrogens (tertiary/aromatic N) is 1. The van der Waals surface area contributed by atoms with Gasteiger partial charge in [-0.15, -0.1) is 0 Å². The van der Waals surface area contributed by atoms with Gasteiger partial charge in [-0.2, -0.15) is 0 Å². The molecule has 2 atom stereocenters. The SMILES string of the molecule is CCCCCCCCCC/C=C\CCCCCCCCCCCCCCCCCCCC(=O)OC(COC(=O)CCCCCCCCCCCCCCCCCCCCCCCC)COP(=O)([O-])OCC[N+](C)(C)C. The van der Waals surface area contributed by atoms with E-state index in [-0.39, 0.29) is 32.0 Å². The average Bonchev–Trinajstić information content (AvgIpc) is 3.37. The van der Waals surface area contributed by atoms with Crippen molar-refractivity contribution in [2.75, 3.05) is 47.5 Å². The number of hydrogen-bond acceptors (Lipinski definition) is 8. The van der Waals surface area contributed by atoms with Gasteiger partial charge >= 0.3 is 11.9 Å². The Hall–Kier alpha value is -1.25. The first-order valence-corrected chi connectivity index (χ1v) is 34.4. The fourth-order valence-corrected chi connectivity index (χ4v) is 10.7. The lowest BCUT2D eigenvalue weighted by atomic mass is 10.0. The normalized spacial score (nSPS) is 13.2. The van der Waals surface area contributed by atoms with E-state index < -0.39 is 26.5 Å². The molecule has 0 saturated heterocycles. The lowest BCUT2D eigenvalue weighted by molar-refractivity contribution is -0.870. The zero-order chi connectivity index (χ0) is 54.9. The summed E-state index contributed by atoms with van der Waals surface area (Å²) in [4.78, 5) is 38.0. The van der Waals surface area contributed by atoms with Gasteiger partial charge in [-0.05, 0) is 38.5 Å². The van der Waals surface area contributed by atoms with Gasteiger partial charge in [-0.1, -0.05) is 302 Å². The Morgan fingerprint density at radius 3 is 0.987 bits per heavy atom. The van der Waals surface area contributed by atoms with E-state index in [0.717, 1.165) is 32.1 Å². The van der Waals surface area contributed by atoms with E-state index in [4.69, 9.17) is 18.5 Å². The number of ether oxygens (including phenoxy) is 2. The molecule has 9 nitrogen and oxygen atoms in total. The Morgan fingerprint density at radius 2 is 0.680 bits per heavy atom. The maximum absolute atomic E-state index is 12.8. The van der Waals surface area contributed by atoms with Crippen LogP contribution in [0.2, 0.25) is 0 Å². The van der Waals surface area contributed by atoms with E-state index >= 15 is 0 Å². The molecule has 0 amide bonds. The summed E-state index contributed by atoms with van der Waals surface area (Å²) >= 11 is 0. The summed E-state index contributed by atoms with van der Waals surface area (Å²) < 4.78 is 34.3. The number of carbonyl (C=O) groups is 2. The predicted molar refractivity (Wildman–Crippen MR) is 319 cm³/mol. The Labute approximate surface area is 466 Å². The van der Waals surface area contributed by atoms with Gasteiger partial charge in [0.15, 0.2) is 6.10 Å². The molecule has 0 N–H and O–H groups in total. The highest BCUT2D eigenvalue weighted by atomic mass is 31.2. The second-order valence-corrected chi connectivity index (χ2v) is 25.3. The number of phosphoric acid groups is 1. The fraction of sp³-hybridized carbons (Fsp3) is 0.938. The summed E-state index contributed by atoms with van der Waals surface area (Å²) in [7, 11) is 1.19. The molecule has 0 aliphatic rings. The average molecular weight is 1080 g/mol. The lowest BCUT2D eigenvalue weighted by Gasteiger charge is -2.28. The second-order valence-electron chi connectivity index (χ2n) is 23.8. The third-order valence-corrected chi connectivity index (χ3v) is 16.0. The number of carbonyl (C=O) groups excluding carboxylic acids is 2. The summed E-state index contributed by atoms with van der Waals surface area (Å²) in [6.07, 6.45) is 68.5. The first-order chi connectivity index (χ1) is 36.5. The number of phosphoric ester groups is 1. The highest BCUT2D eigenvalue weighted by molar-refractivity contribution is 7.45. The minimum Gasteiger partial charge on any atom is -0.756 e. The van der Waals surface area contributed by atoms with E-state index in [1.165, 1.54) is 276 Å². The summed E-state index contributed by atoms with van der Waals surface area (Å²) in [5, 5.41) is 0. The first-order valence-electron chi connectivity index (χ1n) is 32.9. The molecule has 10 heteroatoms. The maximum Gasteiger partial charge on any atom is 0.306 e. The molecular weight excluding hydrogens is 954 g/mol. The molecular formula is C65H128NO8P. The highest BCUT2D eigenvalue weighted by Gasteiger charge is 2.22. The molecule has 0 aromatic carbocycles. The summed E-state index contributed by atoms with van der Waals surface area (Å²) in [6, 6.07) is 0. The van der Waals surface area contributed by atoms with E-state index in [1.54, 1.807) is 0 Å². The number of hydrogen-bond donors (Lipinski definition) is 0. The third kappa shape index (κ3) is 61.8. The Balaban J connectivity index is 4.02. The van der Waals surface area contributed by atoms with Crippen LogP contribution in [0.3, 0.4) is 0 Å². The lowest BCUT2D eigenvalue weighted by Crippen LogP contribution is -2.37. The molecule has 0 aromatic heterocycles. The van der Waals surface area contributed by atoms with Gasteiger partial charge in [-0.25, -0.2) is 0 Å². The van der Waals surface area contributed by atoms with Gasteiger partial charge in [-0.3, -0.25) is 14.2 Å². The van der Waals surface area contributed by atoms with Gasteiger partial charge in [0.25, 0.3) is 7.82 Å². The zero-order valence-electron chi connectivity index (χ0n) is 50.8. The van der Waals surface area contributed by atoms with Crippen LogP contribution in [0.25, 0.3) is 0 Å². The van der Waals surface area contributed by atoms with Crippen molar-refractivity contribution >= 4 is 19.8 Å². The number of rotatable bonds is 62. The molecule has 2 unspecified atom stereocenters. The fourth-order valence-electron chi connectivity index (χ4n) is 9.95. The van der Waals surface area contributed by atoms with Crippen LogP contribution < -0.4 is 4.89 Å². The van der Waals surface area contributed by atoms with Crippen molar-refractivity contribution in [3.8, 4) is 0 Å². The van der Waals surface area contributed by atoms with Gasteiger partial charge in [0.05, 0.1) is 27.7 Å². The van der Waals surface area contributed by atoms with Crippen LogP contribution >= 0.6 is 7.82 Å². The molecule has 0 rings (SSSR count). The second kappa shape index (κ2) is 57.4. The largest absolute Gasteiger partial charge is 0.756 e. The molecule has 0 saturated carbocycles. The number of quaternary nitrogens is 1. The van der Waals surface area contributed by atoms with Crippen molar-refractivity contribution in [1.82, 2.24) is 0 Å². The van der Waals surface area contributed by atoms with Crippen LogP contribution in [0.1, 0.15) is 341 Å². The third-order valence-electron chi connectivity index (χ3n) is 15.0. The molecule has 0 aromatic rings. The molecule has 0 spiro atoms. The van der Waals surface area contributed by atoms with Crippen molar-refractivity contribution in [2.24, 2.45) is 0 Å². The molecule has 0 aliphatic heterocycles. The zero-order valence-corrected chi connectivity index (χ0v) is 51.7. The predicted octanol–water partition coefficient (Wildman–Crippen LogP) is 20.1. The molecule has 0 radical (unpaired) electrons. The molecule has 0 heterocycles. The quantitative estimate of drug-likeness (QED) is 0.0195. The van der Waals surface area contributed by atoms with Crippen molar-refractivity contribution in [1.29, 1.82) is 0 Å². The Morgan fingerprint density at radius 1 is 0.400 bits per heavy atom. The summed E-state index contributed by atoms with van der Waals surface area (Å²) in [5.41, 5.74) is 0. The number of likely N-dealkylation sites (N-methyl/N-ethyl adjacent to an activating group) is 1. The number of allylic oxidation sites excluding steroid dienone is 2. The van der Waals surface area contributed by atoms with E-state index in [9.17, 15) is 19.0 Å². The molecule has 446 valence electrons. The van der Waals surface area contributed by atoms with Gasteiger partial charge < -0.3 is 27.9 Å². The van der Waals surface area contributed by atoms with Crippen molar-refractivity contribution in [3.63, 3.8) is 0 Å². The minimum absolute atomic E-state index is 0.0261. The molecule has 0 bridgehead atoms. The standard InChI is InChI=1S/C65H128NO8P/c1-6-8-10-12-14-16-18-20-22-24-26-28-30-31-32-33-34-35-36-38-40-42-44-46-48-50-52-54-56-58-65(68)74-63(62-73-75(69,70)72-60-59-66(3,4)5)61-71-64(67)57-55-53-51-49-47-45-43-41-39-37-29-27-25-23-21-19-17-15-13-11-9-7-2/h24,26,63H,6-23,25,27-62H2,1-5H3/b26-24-. The van der Waals surface area contributed by atoms with Crippen molar-refractivity contribution in [3.05, 3.63) is 12.2 Å².